The summed E-state index contributed by atoms with van der Waals surface area (Å²) in [5.74, 6) is 15.8. The molecule has 4 rings (SSSR count). The SMILES string of the molecule is COc1ccc(C#Cc2cc3c(cc2C#Cc2ccc(OC)cc2)OCCO3)cc1. The van der Waals surface area contributed by atoms with Crippen LogP contribution in [0.5, 0.6) is 23.0 Å². The molecule has 0 aliphatic carbocycles. The summed E-state index contributed by atoms with van der Waals surface area (Å²) in [6.45, 7) is 1.05. The maximum atomic E-state index is 5.72. The summed E-state index contributed by atoms with van der Waals surface area (Å²) in [5.41, 5.74) is 3.35. The number of ether oxygens (including phenoxy) is 4. The summed E-state index contributed by atoms with van der Waals surface area (Å²) in [4.78, 5) is 0. The molecule has 0 spiro atoms. The van der Waals surface area contributed by atoms with Gasteiger partial charge in [0, 0.05) is 34.4 Å². The van der Waals surface area contributed by atoms with Crippen molar-refractivity contribution < 1.29 is 18.9 Å². The highest BCUT2D eigenvalue weighted by Crippen LogP contribution is 2.33. The Morgan fingerprint density at radius 1 is 0.600 bits per heavy atom. The molecule has 0 fully saturated rings. The number of fused-ring (bicyclic) bond motifs is 1. The molecule has 0 atom stereocenters. The van der Waals surface area contributed by atoms with E-state index < -0.39 is 0 Å². The average Bonchev–Trinajstić information content (AvgIpc) is 2.81. The van der Waals surface area contributed by atoms with Crippen molar-refractivity contribution in [1.29, 1.82) is 0 Å². The summed E-state index contributed by atoms with van der Waals surface area (Å²) in [6.07, 6.45) is 0. The van der Waals surface area contributed by atoms with Gasteiger partial charge in [0.2, 0.25) is 0 Å². The smallest absolute Gasteiger partial charge is 0.162 e. The van der Waals surface area contributed by atoms with Crippen LogP contribution in [0.15, 0.2) is 60.7 Å². The zero-order valence-electron chi connectivity index (χ0n) is 16.8. The molecule has 30 heavy (non-hydrogen) atoms. The lowest BCUT2D eigenvalue weighted by Gasteiger charge is -2.19. The van der Waals surface area contributed by atoms with Gasteiger partial charge in [0.1, 0.15) is 24.7 Å². The Kier molecular flexibility index (Phi) is 5.78. The lowest BCUT2D eigenvalue weighted by atomic mass is 10.0. The van der Waals surface area contributed by atoms with Crippen LogP contribution in [0.4, 0.5) is 0 Å². The van der Waals surface area contributed by atoms with E-state index in [1.165, 1.54) is 0 Å². The molecule has 3 aromatic carbocycles. The quantitative estimate of drug-likeness (QED) is 0.606. The van der Waals surface area contributed by atoms with Gasteiger partial charge < -0.3 is 18.9 Å². The van der Waals surface area contributed by atoms with E-state index in [0.29, 0.717) is 24.7 Å². The molecule has 0 radical (unpaired) electrons. The van der Waals surface area contributed by atoms with Crippen molar-refractivity contribution in [3.05, 3.63) is 82.9 Å². The molecule has 0 saturated heterocycles. The molecule has 4 nitrogen and oxygen atoms in total. The first-order valence-electron chi connectivity index (χ1n) is 9.51. The first-order valence-corrected chi connectivity index (χ1v) is 9.51. The van der Waals surface area contributed by atoms with Crippen LogP contribution in [0.2, 0.25) is 0 Å². The maximum absolute atomic E-state index is 5.72. The maximum Gasteiger partial charge on any atom is 0.162 e. The van der Waals surface area contributed by atoms with Crippen molar-refractivity contribution in [3.63, 3.8) is 0 Å². The highest BCUT2D eigenvalue weighted by molar-refractivity contribution is 5.61. The Morgan fingerprint density at radius 3 is 1.37 bits per heavy atom. The van der Waals surface area contributed by atoms with Gasteiger partial charge in [-0.1, -0.05) is 23.7 Å². The predicted molar refractivity (Wildman–Crippen MR) is 115 cm³/mol. The topological polar surface area (TPSA) is 36.9 Å². The highest BCUT2D eigenvalue weighted by atomic mass is 16.6. The van der Waals surface area contributed by atoms with Crippen molar-refractivity contribution >= 4 is 0 Å². The third-order valence-electron chi connectivity index (χ3n) is 4.55. The largest absolute Gasteiger partial charge is 0.497 e. The van der Waals surface area contributed by atoms with Crippen molar-refractivity contribution in [2.75, 3.05) is 27.4 Å². The summed E-state index contributed by atoms with van der Waals surface area (Å²) < 4.78 is 21.8. The van der Waals surface area contributed by atoms with E-state index in [-0.39, 0.29) is 0 Å². The first kappa shape index (κ1) is 19.3. The molecule has 3 aromatic rings. The minimum Gasteiger partial charge on any atom is -0.497 e. The van der Waals surface area contributed by atoms with Gasteiger partial charge >= 0.3 is 0 Å². The second-order valence-electron chi connectivity index (χ2n) is 6.50. The predicted octanol–water partition coefficient (Wildman–Crippen LogP) is 4.27. The second kappa shape index (κ2) is 8.99. The van der Waals surface area contributed by atoms with Gasteiger partial charge in [-0.3, -0.25) is 0 Å². The van der Waals surface area contributed by atoms with Crippen LogP contribution in [-0.4, -0.2) is 27.4 Å². The molecule has 0 bridgehead atoms. The number of benzene rings is 3. The van der Waals surface area contributed by atoms with Gasteiger partial charge in [-0.15, -0.1) is 0 Å². The van der Waals surface area contributed by atoms with Crippen LogP contribution in [0.25, 0.3) is 0 Å². The van der Waals surface area contributed by atoms with Crippen LogP contribution in [-0.2, 0) is 0 Å². The van der Waals surface area contributed by atoms with Crippen molar-refractivity contribution in [2.24, 2.45) is 0 Å². The molecule has 0 aromatic heterocycles. The fraction of sp³-hybridized carbons (Fsp3) is 0.154. The van der Waals surface area contributed by atoms with Crippen molar-refractivity contribution in [3.8, 4) is 46.7 Å². The number of hydrogen-bond acceptors (Lipinski definition) is 4. The fourth-order valence-corrected chi connectivity index (χ4v) is 2.92. The zero-order chi connectivity index (χ0) is 20.8. The Hall–Kier alpha value is -4.02. The van der Waals surface area contributed by atoms with Gasteiger partial charge in [0.05, 0.1) is 14.2 Å². The van der Waals surface area contributed by atoms with Crippen LogP contribution in [0, 0.1) is 23.7 Å². The molecule has 1 aliphatic heterocycles. The van der Waals surface area contributed by atoms with Gasteiger partial charge in [-0.25, -0.2) is 0 Å². The highest BCUT2D eigenvalue weighted by Gasteiger charge is 2.14. The molecule has 0 N–H and O–H groups in total. The number of rotatable bonds is 2. The van der Waals surface area contributed by atoms with E-state index in [4.69, 9.17) is 18.9 Å². The van der Waals surface area contributed by atoms with E-state index >= 15 is 0 Å². The molecule has 0 saturated carbocycles. The summed E-state index contributed by atoms with van der Waals surface area (Å²) in [6, 6.07) is 19.0. The second-order valence-corrected chi connectivity index (χ2v) is 6.50. The minimum absolute atomic E-state index is 0.523. The fourth-order valence-electron chi connectivity index (χ4n) is 2.92. The number of hydrogen-bond donors (Lipinski definition) is 0. The molecular weight excluding hydrogens is 376 g/mol. The van der Waals surface area contributed by atoms with Crippen LogP contribution >= 0.6 is 0 Å². The van der Waals surface area contributed by atoms with Crippen LogP contribution in [0.1, 0.15) is 22.3 Å². The van der Waals surface area contributed by atoms with Crippen LogP contribution < -0.4 is 18.9 Å². The van der Waals surface area contributed by atoms with E-state index in [0.717, 1.165) is 33.8 Å². The standard InChI is InChI=1S/C26H20O4/c1-27-23-11-5-19(6-12-23)3-9-21-17-25-26(30-16-15-29-25)18-22(21)10-4-20-7-13-24(28-2)14-8-20/h5-8,11-14,17-18H,15-16H2,1-2H3. The Balaban J connectivity index is 1.70. The van der Waals surface area contributed by atoms with Crippen molar-refractivity contribution in [1.82, 2.24) is 0 Å². The molecule has 0 unspecified atom stereocenters. The van der Waals surface area contributed by atoms with Gasteiger partial charge in [-0.2, -0.15) is 0 Å². The third kappa shape index (κ3) is 4.51. The van der Waals surface area contributed by atoms with Crippen LogP contribution in [0.3, 0.4) is 0 Å². The van der Waals surface area contributed by atoms with Gasteiger partial charge in [0.25, 0.3) is 0 Å². The lowest BCUT2D eigenvalue weighted by Crippen LogP contribution is -2.15. The molecule has 0 amide bonds. The Bertz CT molecular complexity index is 1060. The third-order valence-corrected chi connectivity index (χ3v) is 4.55. The summed E-state index contributed by atoms with van der Waals surface area (Å²) >= 11 is 0. The van der Waals surface area contributed by atoms with E-state index in [2.05, 4.69) is 23.7 Å². The first-order chi connectivity index (χ1) is 14.7. The average molecular weight is 396 g/mol. The lowest BCUT2D eigenvalue weighted by molar-refractivity contribution is 0.171. The van der Waals surface area contributed by atoms with E-state index in [9.17, 15) is 0 Å². The molecule has 1 aliphatic rings. The Morgan fingerprint density at radius 2 is 1.00 bits per heavy atom. The number of methoxy groups -OCH3 is 2. The summed E-state index contributed by atoms with van der Waals surface area (Å²) in [5, 5.41) is 0. The molecule has 4 heteroatoms. The normalized spacial score (nSPS) is 11.4. The monoisotopic (exact) mass is 396 g/mol. The zero-order valence-corrected chi connectivity index (χ0v) is 16.8. The van der Waals surface area contributed by atoms with Gasteiger partial charge in [0.15, 0.2) is 11.5 Å². The Labute approximate surface area is 176 Å². The van der Waals surface area contributed by atoms with Crippen molar-refractivity contribution in [2.45, 2.75) is 0 Å². The molecule has 1 heterocycles. The summed E-state index contributed by atoms with van der Waals surface area (Å²) in [7, 11) is 3.28. The van der Waals surface area contributed by atoms with E-state index in [1.54, 1.807) is 14.2 Å². The van der Waals surface area contributed by atoms with E-state index in [1.807, 2.05) is 60.7 Å². The van der Waals surface area contributed by atoms with Gasteiger partial charge in [-0.05, 0) is 48.5 Å². The minimum atomic E-state index is 0.523. The molecule has 148 valence electrons. The molecular formula is C26H20O4.